The van der Waals surface area contributed by atoms with Crippen LogP contribution < -0.4 is 5.32 Å². The molecule has 1 fully saturated rings. The summed E-state index contributed by atoms with van der Waals surface area (Å²) in [4.78, 5) is 16.6. The minimum Gasteiger partial charge on any atom is -0.465 e. The lowest BCUT2D eigenvalue weighted by Crippen LogP contribution is -2.55. The molecule has 6 heteroatoms. The van der Waals surface area contributed by atoms with E-state index in [2.05, 4.69) is 10.3 Å². The van der Waals surface area contributed by atoms with Gasteiger partial charge in [0.2, 0.25) is 0 Å². The highest BCUT2D eigenvalue weighted by Crippen LogP contribution is 2.43. The molecule has 2 rings (SSSR count). The van der Waals surface area contributed by atoms with Gasteiger partial charge in [0, 0.05) is 11.9 Å². The molecule has 1 saturated carbocycles. The van der Waals surface area contributed by atoms with Crippen molar-refractivity contribution >= 4 is 29.3 Å². The van der Waals surface area contributed by atoms with Gasteiger partial charge >= 0.3 is 5.97 Å². The van der Waals surface area contributed by atoms with E-state index in [4.69, 9.17) is 16.3 Å². The van der Waals surface area contributed by atoms with Crippen molar-refractivity contribution in [3.05, 3.63) is 23.4 Å². The number of hydrogen-bond acceptors (Lipinski definition) is 5. The summed E-state index contributed by atoms with van der Waals surface area (Å²) in [6, 6.07) is 3.60. The maximum atomic E-state index is 12.3. The summed E-state index contributed by atoms with van der Waals surface area (Å²) in [5.74, 6) is 0.732. The zero-order valence-electron chi connectivity index (χ0n) is 11.7. The number of thioether (sulfide) groups is 1. The van der Waals surface area contributed by atoms with E-state index in [0.29, 0.717) is 23.3 Å². The highest BCUT2D eigenvalue weighted by Gasteiger charge is 2.51. The van der Waals surface area contributed by atoms with Gasteiger partial charge in [0.05, 0.1) is 11.6 Å². The fourth-order valence-corrected chi connectivity index (χ4v) is 3.71. The minimum absolute atomic E-state index is 0.176. The van der Waals surface area contributed by atoms with E-state index in [1.54, 1.807) is 18.3 Å². The topological polar surface area (TPSA) is 51.2 Å². The van der Waals surface area contributed by atoms with Crippen molar-refractivity contribution in [2.24, 2.45) is 5.92 Å². The second-order valence-corrected chi connectivity index (χ2v) is 6.17. The maximum Gasteiger partial charge on any atom is 0.327 e. The smallest absolute Gasteiger partial charge is 0.327 e. The zero-order valence-corrected chi connectivity index (χ0v) is 13.3. The van der Waals surface area contributed by atoms with Gasteiger partial charge < -0.3 is 10.1 Å². The quantitative estimate of drug-likeness (QED) is 0.619. The number of likely N-dealkylation sites (N-methyl/N-ethyl adjacent to an activating group) is 1. The Labute approximate surface area is 128 Å². The molecule has 1 aromatic heterocycles. The maximum absolute atomic E-state index is 12.3. The summed E-state index contributed by atoms with van der Waals surface area (Å²) in [6.07, 6.45) is 3.81. The molecule has 0 bridgehead atoms. The first-order valence-corrected chi connectivity index (χ1v) is 8.10. The Balaban J connectivity index is 2.12. The standard InChI is InChI=1S/C14H19ClN2O2S/c1-3-19-13(18)14(16-2,10-6-7-10)9-20-12-11(15)5-4-8-17-12/h4-5,8,10,16H,3,6-7,9H2,1-2H3. The Morgan fingerprint density at radius 1 is 1.65 bits per heavy atom. The number of halogens is 1. The molecule has 1 unspecified atom stereocenters. The summed E-state index contributed by atoms with van der Waals surface area (Å²) in [7, 11) is 1.82. The van der Waals surface area contributed by atoms with Crippen molar-refractivity contribution in [3.8, 4) is 0 Å². The summed E-state index contributed by atoms with van der Waals surface area (Å²) in [6.45, 7) is 2.22. The third-order valence-corrected chi connectivity index (χ3v) is 5.14. The summed E-state index contributed by atoms with van der Waals surface area (Å²) in [5, 5.41) is 4.55. The first-order chi connectivity index (χ1) is 9.64. The molecule has 0 aliphatic heterocycles. The van der Waals surface area contributed by atoms with Crippen molar-refractivity contribution in [2.45, 2.75) is 30.3 Å². The van der Waals surface area contributed by atoms with Gasteiger partial charge in [-0.05, 0) is 44.9 Å². The van der Waals surface area contributed by atoms with Crippen LogP contribution in [0.2, 0.25) is 5.02 Å². The third kappa shape index (κ3) is 3.27. The normalized spacial score (nSPS) is 17.6. The van der Waals surface area contributed by atoms with Gasteiger partial charge in [-0.15, -0.1) is 11.8 Å². The molecule has 4 nitrogen and oxygen atoms in total. The number of rotatable bonds is 7. The number of aromatic nitrogens is 1. The number of esters is 1. The number of carbonyl (C=O) groups is 1. The van der Waals surface area contributed by atoms with E-state index in [1.165, 1.54) is 11.8 Å². The molecule has 0 aromatic carbocycles. The van der Waals surface area contributed by atoms with Crippen LogP contribution in [-0.2, 0) is 9.53 Å². The zero-order chi connectivity index (χ0) is 14.6. The Bertz CT molecular complexity index is 482. The SMILES string of the molecule is CCOC(=O)C(CSc1ncccc1Cl)(NC)C1CC1. The first-order valence-electron chi connectivity index (χ1n) is 6.73. The second-order valence-electron chi connectivity index (χ2n) is 4.80. The van der Waals surface area contributed by atoms with Gasteiger partial charge in [0.1, 0.15) is 10.6 Å². The van der Waals surface area contributed by atoms with Crippen LogP contribution in [0.1, 0.15) is 19.8 Å². The van der Waals surface area contributed by atoms with Crippen molar-refractivity contribution in [3.63, 3.8) is 0 Å². The highest BCUT2D eigenvalue weighted by atomic mass is 35.5. The highest BCUT2D eigenvalue weighted by molar-refractivity contribution is 7.99. The number of ether oxygens (including phenoxy) is 1. The van der Waals surface area contributed by atoms with Gasteiger partial charge in [-0.1, -0.05) is 11.6 Å². The molecular formula is C14H19ClN2O2S. The number of nitrogens with zero attached hydrogens (tertiary/aromatic N) is 1. The van der Waals surface area contributed by atoms with Crippen LogP contribution in [0.4, 0.5) is 0 Å². The number of pyridine rings is 1. The molecule has 1 aliphatic carbocycles. The Morgan fingerprint density at radius 2 is 2.40 bits per heavy atom. The molecule has 20 heavy (non-hydrogen) atoms. The Kier molecular flexibility index (Phi) is 5.29. The van der Waals surface area contributed by atoms with Crippen LogP contribution in [0.5, 0.6) is 0 Å². The van der Waals surface area contributed by atoms with Gasteiger partial charge in [-0.3, -0.25) is 4.79 Å². The molecule has 1 aromatic rings. The van der Waals surface area contributed by atoms with Crippen molar-refractivity contribution < 1.29 is 9.53 Å². The fourth-order valence-electron chi connectivity index (χ4n) is 2.22. The number of nitrogens with one attached hydrogen (secondary N) is 1. The van der Waals surface area contributed by atoms with E-state index in [-0.39, 0.29) is 5.97 Å². The van der Waals surface area contributed by atoms with E-state index >= 15 is 0 Å². The van der Waals surface area contributed by atoms with Gasteiger partial charge in [-0.25, -0.2) is 4.98 Å². The Morgan fingerprint density at radius 3 is 2.95 bits per heavy atom. The van der Waals surface area contributed by atoms with Crippen LogP contribution in [0.15, 0.2) is 23.4 Å². The van der Waals surface area contributed by atoms with E-state index in [0.717, 1.165) is 17.9 Å². The largest absolute Gasteiger partial charge is 0.465 e. The van der Waals surface area contributed by atoms with Crippen molar-refractivity contribution in [1.82, 2.24) is 10.3 Å². The lowest BCUT2D eigenvalue weighted by atomic mass is 9.96. The molecule has 1 heterocycles. The van der Waals surface area contributed by atoms with Gasteiger partial charge in [0.15, 0.2) is 0 Å². The third-order valence-electron chi connectivity index (χ3n) is 3.52. The molecule has 1 N–H and O–H groups in total. The van der Waals surface area contributed by atoms with E-state index in [9.17, 15) is 4.79 Å². The van der Waals surface area contributed by atoms with Crippen LogP contribution in [-0.4, -0.2) is 35.9 Å². The lowest BCUT2D eigenvalue weighted by Gasteiger charge is -2.30. The Hall–Kier alpha value is -0.780. The number of hydrogen-bond donors (Lipinski definition) is 1. The molecule has 110 valence electrons. The predicted molar refractivity (Wildman–Crippen MR) is 81.1 cm³/mol. The summed E-state index contributed by atoms with van der Waals surface area (Å²) >= 11 is 7.61. The molecule has 0 amide bonds. The van der Waals surface area contributed by atoms with Gasteiger partial charge in [0.25, 0.3) is 0 Å². The molecule has 0 saturated heterocycles. The first kappa shape index (κ1) is 15.6. The second kappa shape index (κ2) is 6.78. The average Bonchev–Trinajstić information content (AvgIpc) is 3.27. The van der Waals surface area contributed by atoms with Crippen LogP contribution in [0, 0.1) is 5.92 Å². The number of carbonyl (C=O) groups excluding carboxylic acids is 1. The predicted octanol–water partition coefficient (Wildman–Crippen LogP) is 2.76. The lowest BCUT2D eigenvalue weighted by molar-refractivity contribution is -0.150. The molecule has 0 spiro atoms. The molecule has 1 aliphatic rings. The van der Waals surface area contributed by atoms with Crippen molar-refractivity contribution in [2.75, 3.05) is 19.4 Å². The summed E-state index contributed by atoms with van der Waals surface area (Å²) in [5.41, 5.74) is -0.637. The van der Waals surface area contributed by atoms with Crippen LogP contribution >= 0.6 is 23.4 Å². The average molecular weight is 315 g/mol. The van der Waals surface area contributed by atoms with E-state index < -0.39 is 5.54 Å². The minimum atomic E-state index is -0.637. The molecule has 1 atom stereocenters. The molecular weight excluding hydrogens is 296 g/mol. The monoisotopic (exact) mass is 314 g/mol. The fraction of sp³-hybridized carbons (Fsp3) is 0.571. The van der Waals surface area contributed by atoms with Crippen molar-refractivity contribution in [1.29, 1.82) is 0 Å². The van der Waals surface area contributed by atoms with E-state index in [1.807, 2.05) is 14.0 Å². The summed E-state index contributed by atoms with van der Waals surface area (Å²) < 4.78 is 5.25. The molecule has 0 radical (unpaired) electrons. The van der Waals surface area contributed by atoms with Crippen LogP contribution in [0.25, 0.3) is 0 Å². The van der Waals surface area contributed by atoms with Crippen LogP contribution in [0.3, 0.4) is 0 Å². The van der Waals surface area contributed by atoms with Gasteiger partial charge in [-0.2, -0.15) is 0 Å².